The number of benzene rings is 8. The predicted molar refractivity (Wildman–Crippen MR) is 234 cm³/mol. The van der Waals surface area contributed by atoms with Gasteiger partial charge in [-0.3, -0.25) is 4.98 Å². The van der Waals surface area contributed by atoms with Crippen LogP contribution in [0.1, 0.15) is 23.6 Å². The van der Waals surface area contributed by atoms with E-state index < -0.39 is 0 Å². The summed E-state index contributed by atoms with van der Waals surface area (Å²) in [7, 11) is 0. The smallest absolute Gasteiger partial charge is 0.0645 e. The molecule has 11 rings (SSSR count). The predicted octanol–water partition coefficient (Wildman–Crippen LogP) is 13.8. The van der Waals surface area contributed by atoms with E-state index in [9.17, 15) is 0 Å². The fourth-order valence-corrected chi connectivity index (χ4v) is 9.26. The standard InChI is InChI=1S/C53H37N3/c1-53(48-19-7-4-16-44(48)45-17-5-8-20-49(45)53)39-26-30-41(31-27-39)55(50-22-10-13-37-12-2-3-15-43(37)50)40-28-23-36(24-29-40)38-25-32-52-47(34-38)46-18-6-9-21-51(46)56(52)42-14-11-33-54-35-42/h2-35H,1H3. The largest absolute Gasteiger partial charge is 0.310 e. The second-order valence-corrected chi connectivity index (χ2v) is 14.9. The first kappa shape index (κ1) is 32.2. The number of para-hydroxylation sites is 1. The van der Waals surface area contributed by atoms with Gasteiger partial charge in [-0.2, -0.15) is 0 Å². The minimum atomic E-state index is -0.247. The van der Waals surface area contributed by atoms with Gasteiger partial charge in [-0.1, -0.05) is 133 Å². The van der Waals surface area contributed by atoms with E-state index in [1.165, 1.54) is 71.5 Å². The first-order chi connectivity index (χ1) is 27.7. The molecule has 0 N–H and O–H groups in total. The second kappa shape index (κ2) is 12.7. The van der Waals surface area contributed by atoms with Crippen LogP contribution in [-0.2, 0) is 5.41 Å². The first-order valence-corrected chi connectivity index (χ1v) is 19.3. The Morgan fingerprint density at radius 1 is 0.482 bits per heavy atom. The van der Waals surface area contributed by atoms with Crippen LogP contribution in [0.2, 0.25) is 0 Å². The van der Waals surface area contributed by atoms with Crippen molar-refractivity contribution in [3.05, 3.63) is 223 Å². The van der Waals surface area contributed by atoms with Crippen molar-refractivity contribution < 1.29 is 0 Å². The molecule has 0 unspecified atom stereocenters. The van der Waals surface area contributed by atoms with Crippen molar-refractivity contribution in [3.8, 4) is 27.9 Å². The first-order valence-electron chi connectivity index (χ1n) is 19.3. The minimum absolute atomic E-state index is 0.247. The number of rotatable bonds is 6. The second-order valence-electron chi connectivity index (χ2n) is 14.9. The molecule has 0 atom stereocenters. The van der Waals surface area contributed by atoms with Gasteiger partial charge in [-0.05, 0) is 112 Å². The molecule has 3 heteroatoms. The van der Waals surface area contributed by atoms with E-state index in [0.29, 0.717) is 0 Å². The van der Waals surface area contributed by atoms with Crippen LogP contribution in [0.4, 0.5) is 17.1 Å². The highest BCUT2D eigenvalue weighted by atomic mass is 15.1. The molecule has 1 aliphatic rings. The topological polar surface area (TPSA) is 21.1 Å². The Bertz CT molecular complexity index is 3030. The van der Waals surface area contributed by atoms with Gasteiger partial charge in [0.2, 0.25) is 0 Å². The zero-order valence-electron chi connectivity index (χ0n) is 31.0. The van der Waals surface area contributed by atoms with Crippen LogP contribution in [0.25, 0.3) is 60.5 Å². The Morgan fingerprint density at radius 3 is 1.82 bits per heavy atom. The molecule has 0 saturated carbocycles. The maximum atomic E-state index is 4.42. The molecule has 0 radical (unpaired) electrons. The Kier molecular flexibility index (Phi) is 7.30. The number of hydrogen-bond acceptors (Lipinski definition) is 2. The molecule has 0 bridgehead atoms. The third-order valence-corrected chi connectivity index (χ3v) is 12.0. The fourth-order valence-electron chi connectivity index (χ4n) is 9.26. The van der Waals surface area contributed by atoms with E-state index in [1.807, 2.05) is 18.5 Å². The molecule has 0 fully saturated rings. The molecular formula is C53H37N3. The monoisotopic (exact) mass is 715 g/mol. The quantitative estimate of drug-likeness (QED) is 0.171. The molecule has 0 spiro atoms. The number of aromatic nitrogens is 2. The average Bonchev–Trinajstić information content (AvgIpc) is 3.74. The van der Waals surface area contributed by atoms with Crippen molar-refractivity contribution in [1.82, 2.24) is 9.55 Å². The van der Waals surface area contributed by atoms with Crippen LogP contribution >= 0.6 is 0 Å². The SMILES string of the molecule is CC1(c2ccc(N(c3ccc(-c4ccc5c(c4)c4ccccc4n5-c4cccnc4)cc3)c3cccc4ccccc34)cc2)c2ccccc2-c2ccccc21. The van der Waals surface area contributed by atoms with E-state index in [2.05, 4.69) is 209 Å². The molecule has 2 heterocycles. The van der Waals surface area contributed by atoms with Crippen molar-refractivity contribution >= 4 is 49.6 Å². The molecule has 2 aromatic heterocycles. The van der Waals surface area contributed by atoms with Gasteiger partial charge in [0, 0.05) is 39.1 Å². The molecule has 0 aliphatic heterocycles. The lowest BCUT2D eigenvalue weighted by Crippen LogP contribution is -2.22. The van der Waals surface area contributed by atoms with E-state index in [1.54, 1.807) is 0 Å². The summed E-state index contributed by atoms with van der Waals surface area (Å²) in [6.07, 6.45) is 3.76. The van der Waals surface area contributed by atoms with Gasteiger partial charge in [-0.25, -0.2) is 0 Å². The maximum Gasteiger partial charge on any atom is 0.0645 e. The normalized spacial score (nSPS) is 12.9. The van der Waals surface area contributed by atoms with Gasteiger partial charge in [0.05, 0.1) is 28.6 Å². The molecule has 56 heavy (non-hydrogen) atoms. The van der Waals surface area contributed by atoms with Gasteiger partial charge in [0.1, 0.15) is 0 Å². The van der Waals surface area contributed by atoms with Crippen LogP contribution in [0.15, 0.2) is 207 Å². The zero-order valence-corrected chi connectivity index (χ0v) is 31.0. The highest BCUT2D eigenvalue weighted by Crippen LogP contribution is 2.52. The van der Waals surface area contributed by atoms with Crippen molar-refractivity contribution in [2.45, 2.75) is 12.3 Å². The van der Waals surface area contributed by atoms with E-state index in [4.69, 9.17) is 0 Å². The van der Waals surface area contributed by atoms with Gasteiger partial charge in [0.25, 0.3) is 0 Å². The van der Waals surface area contributed by atoms with Gasteiger partial charge in [0.15, 0.2) is 0 Å². The van der Waals surface area contributed by atoms with Crippen LogP contribution < -0.4 is 4.90 Å². The maximum absolute atomic E-state index is 4.42. The molecule has 0 saturated heterocycles. The van der Waals surface area contributed by atoms with Crippen molar-refractivity contribution in [1.29, 1.82) is 0 Å². The lowest BCUT2D eigenvalue weighted by atomic mass is 9.74. The summed E-state index contributed by atoms with van der Waals surface area (Å²) in [4.78, 5) is 6.82. The summed E-state index contributed by atoms with van der Waals surface area (Å²) in [5, 5.41) is 4.89. The molecule has 1 aliphatic carbocycles. The Hall–Kier alpha value is -7.23. The molecule has 8 aromatic carbocycles. The highest BCUT2D eigenvalue weighted by Gasteiger charge is 2.40. The van der Waals surface area contributed by atoms with Crippen LogP contribution in [0.5, 0.6) is 0 Å². The summed E-state index contributed by atoms with van der Waals surface area (Å²) >= 11 is 0. The Labute approximate surface area is 326 Å². The summed E-state index contributed by atoms with van der Waals surface area (Å²) in [5.41, 5.74) is 15.5. The fraction of sp³-hybridized carbons (Fsp3) is 0.0377. The van der Waals surface area contributed by atoms with Crippen molar-refractivity contribution in [3.63, 3.8) is 0 Å². The van der Waals surface area contributed by atoms with E-state index >= 15 is 0 Å². The van der Waals surface area contributed by atoms with E-state index in [0.717, 1.165) is 22.7 Å². The highest BCUT2D eigenvalue weighted by molar-refractivity contribution is 6.10. The number of nitrogens with zero attached hydrogens (tertiary/aromatic N) is 3. The minimum Gasteiger partial charge on any atom is -0.310 e. The lowest BCUT2D eigenvalue weighted by molar-refractivity contribution is 0.714. The lowest BCUT2D eigenvalue weighted by Gasteiger charge is -2.30. The Morgan fingerprint density at radius 2 is 1.09 bits per heavy atom. The summed E-state index contributed by atoms with van der Waals surface area (Å²) < 4.78 is 2.31. The molecule has 264 valence electrons. The molecule has 3 nitrogen and oxygen atoms in total. The van der Waals surface area contributed by atoms with E-state index in [-0.39, 0.29) is 5.41 Å². The molecule has 0 amide bonds. The van der Waals surface area contributed by atoms with Gasteiger partial charge in [-0.15, -0.1) is 0 Å². The summed E-state index contributed by atoms with van der Waals surface area (Å²) in [6.45, 7) is 2.38. The molecular weight excluding hydrogens is 679 g/mol. The van der Waals surface area contributed by atoms with Crippen LogP contribution in [0.3, 0.4) is 0 Å². The number of anilines is 3. The number of pyridine rings is 1. The number of hydrogen-bond donors (Lipinski definition) is 0. The van der Waals surface area contributed by atoms with Gasteiger partial charge >= 0.3 is 0 Å². The Balaban J connectivity index is 1.01. The zero-order chi connectivity index (χ0) is 37.2. The average molecular weight is 716 g/mol. The van der Waals surface area contributed by atoms with Crippen molar-refractivity contribution in [2.75, 3.05) is 4.90 Å². The van der Waals surface area contributed by atoms with Crippen LogP contribution in [-0.4, -0.2) is 9.55 Å². The van der Waals surface area contributed by atoms with Crippen molar-refractivity contribution in [2.24, 2.45) is 0 Å². The number of fused-ring (bicyclic) bond motifs is 7. The summed E-state index contributed by atoms with van der Waals surface area (Å²) in [6, 6.07) is 70.9. The molecule has 10 aromatic rings. The third-order valence-electron chi connectivity index (χ3n) is 12.0. The van der Waals surface area contributed by atoms with Crippen LogP contribution in [0, 0.1) is 0 Å². The van der Waals surface area contributed by atoms with Gasteiger partial charge < -0.3 is 9.47 Å². The summed E-state index contributed by atoms with van der Waals surface area (Å²) in [5.74, 6) is 0. The third kappa shape index (κ3) is 4.87.